The van der Waals surface area contributed by atoms with Gasteiger partial charge >= 0.3 is 0 Å². The van der Waals surface area contributed by atoms with Gasteiger partial charge in [0.15, 0.2) is 9.79 Å². The Morgan fingerprint density at radius 2 is 1.07 bits per heavy atom. The number of rotatable bonds is 5. The molecule has 8 heteroatoms. The second kappa shape index (κ2) is 7.87. The Morgan fingerprint density at radius 1 is 0.607 bits per heavy atom. The fourth-order valence-corrected chi connectivity index (χ4v) is 6.60. The van der Waals surface area contributed by atoms with Gasteiger partial charge in [-0.05, 0) is 18.2 Å². The molecule has 0 aromatic carbocycles. The summed E-state index contributed by atoms with van der Waals surface area (Å²) in [5, 5.41) is 0. The van der Waals surface area contributed by atoms with Crippen LogP contribution in [0, 0.1) is 0 Å². The van der Waals surface area contributed by atoms with Crippen LogP contribution in [-0.4, -0.2) is 28.4 Å². The van der Waals surface area contributed by atoms with Crippen LogP contribution >= 0.6 is 0 Å². The Labute approximate surface area is 165 Å². The first-order chi connectivity index (χ1) is 13.7. The molecule has 138 valence electrons. The Kier molecular flexibility index (Phi) is 5.14. The summed E-state index contributed by atoms with van der Waals surface area (Å²) in [7, 11) is -4.42. The van der Waals surface area contributed by atoms with Gasteiger partial charge in [-0.25, -0.2) is 8.42 Å². The molecule has 0 unspecified atom stereocenters. The Hall–Kier alpha value is -3.10. The van der Waals surface area contributed by atoms with E-state index < -0.39 is 20.7 Å². The number of hydrogen-bond donors (Lipinski definition) is 0. The van der Waals surface area contributed by atoms with E-state index in [0.29, 0.717) is 4.90 Å². The third-order valence-electron chi connectivity index (χ3n) is 3.99. The molecule has 0 amide bonds. The van der Waals surface area contributed by atoms with Crippen molar-refractivity contribution in [2.45, 2.75) is 24.5 Å². The molecule has 0 fully saturated rings. The lowest BCUT2D eigenvalue weighted by atomic mass is 10.5. The maximum Gasteiger partial charge on any atom is 0.211 e. The van der Waals surface area contributed by atoms with Gasteiger partial charge in [-0.1, -0.05) is 0 Å². The highest BCUT2D eigenvalue weighted by Gasteiger charge is 2.36. The normalized spacial score (nSPS) is 11.5. The molecule has 4 rings (SSSR count). The first-order valence-corrected chi connectivity index (χ1v) is 11.0. The summed E-state index contributed by atoms with van der Waals surface area (Å²) < 4.78 is 26.7. The van der Waals surface area contributed by atoms with Crippen molar-refractivity contribution in [2.75, 3.05) is 0 Å². The molecule has 0 aliphatic heterocycles. The molecule has 0 spiro atoms. The molecule has 0 saturated carbocycles. The maximum atomic E-state index is 13.3. The molecule has 0 aliphatic carbocycles. The summed E-state index contributed by atoms with van der Waals surface area (Å²) >= 11 is 0. The van der Waals surface area contributed by atoms with Gasteiger partial charge in [0.05, 0.1) is 11.1 Å². The van der Waals surface area contributed by atoms with Gasteiger partial charge in [0, 0.05) is 67.6 Å². The number of aromatic nitrogens is 4. The van der Waals surface area contributed by atoms with Gasteiger partial charge in [-0.2, -0.15) is 0 Å². The molecule has 0 N–H and O–H groups in total. The first-order valence-electron chi connectivity index (χ1n) is 8.31. The fraction of sp³-hybridized carbons (Fsp3) is 0. The molecule has 4 heterocycles. The van der Waals surface area contributed by atoms with Crippen LogP contribution in [0.25, 0.3) is 0 Å². The molecule has 0 aliphatic rings. The second-order valence-corrected chi connectivity index (χ2v) is 9.59. The lowest BCUT2D eigenvalue weighted by Crippen LogP contribution is -2.12. The van der Waals surface area contributed by atoms with Crippen molar-refractivity contribution in [1.82, 2.24) is 19.9 Å². The summed E-state index contributed by atoms with van der Waals surface area (Å²) in [6.45, 7) is 0. The molecule has 4 aromatic heterocycles. The van der Waals surface area contributed by atoms with E-state index in [1.165, 1.54) is 30.7 Å². The summed E-state index contributed by atoms with van der Waals surface area (Å²) in [6, 6.07) is 12.1. The zero-order valence-corrected chi connectivity index (χ0v) is 16.2. The SMILES string of the molecule is O=S(=O)(c1ccncc1)c1ccncc1[S+](c1ccncc1)c1ccncc1. The number of sulfone groups is 1. The lowest BCUT2D eigenvalue weighted by Gasteiger charge is -2.11. The van der Waals surface area contributed by atoms with E-state index in [9.17, 15) is 8.42 Å². The van der Waals surface area contributed by atoms with Crippen LogP contribution < -0.4 is 0 Å². The molecule has 0 saturated heterocycles. The van der Waals surface area contributed by atoms with Crippen LogP contribution in [0.4, 0.5) is 0 Å². The van der Waals surface area contributed by atoms with E-state index in [1.807, 2.05) is 24.3 Å². The lowest BCUT2D eigenvalue weighted by molar-refractivity contribution is 0.593. The number of nitrogens with zero attached hydrogens (tertiary/aromatic N) is 4. The standard InChI is InChI=1S/C20H15N4O2S2/c25-28(26,18-5-12-23-13-6-18)20-7-14-24-15-19(20)27(16-1-8-21-9-2-16)17-3-10-22-11-4-17/h1-15H/q+1. The van der Waals surface area contributed by atoms with Gasteiger partial charge in [0.25, 0.3) is 0 Å². The topological polar surface area (TPSA) is 85.7 Å². The molecule has 0 bridgehead atoms. The van der Waals surface area contributed by atoms with Crippen LogP contribution in [0.5, 0.6) is 0 Å². The fourth-order valence-electron chi connectivity index (χ4n) is 2.73. The number of hydrogen-bond acceptors (Lipinski definition) is 6. The Morgan fingerprint density at radius 3 is 1.61 bits per heavy atom. The molecule has 0 radical (unpaired) electrons. The van der Waals surface area contributed by atoms with Crippen LogP contribution in [-0.2, 0) is 20.7 Å². The summed E-state index contributed by atoms with van der Waals surface area (Å²) in [5.74, 6) is 0. The van der Waals surface area contributed by atoms with Crippen molar-refractivity contribution in [1.29, 1.82) is 0 Å². The smallest absolute Gasteiger partial charge is 0.211 e. The molecule has 6 nitrogen and oxygen atoms in total. The highest BCUT2D eigenvalue weighted by atomic mass is 32.2. The molecule has 0 atom stereocenters. The van der Waals surface area contributed by atoms with E-state index in [0.717, 1.165) is 9.79 Å². The zero-order valence-electron chi connectivity index (χ0n) is 14.6. The first kappa shape index (κ1) is 18.3. The van der Waals surface area contributed by atoms with Gasteiger partial charge in [-0.3, -0.25) is 19.9 Å². The van der Waals surface area contributed by atoms with Gasteiger partial charge in [0.2, 0.25) is 14.7 Å². The van der Waals surface area contributed by atoms with Crippen molar-refractivity contribution in [2.24, 2.45) is 0 Å². The Bertz CT molecular complexity index is 1130. The van der Waals surface area contributed by atoms with E-state index >= 15 is 0 Å². The highest BCUT2D eigenvalue weighted by Crippen LogP contribution is 2.35. The Balaban J connectivity index is 1.95. The van der Waals surface area contributed by atoms with Gasteiger partial charge in [0.1, 0.15) is 15.8 Å². The predicted molar refractivity (Wildman–Crippen MR) is 105 cm³/mol. The van der Waals surface area contributed by atoms with Crippen LogP contribution in [0.1, 0.15) is 0 Å². The molecule has 28 heavy (non-hydrogen) atoms. The average Bonchev–Trinajstić information content (AvgIpc) is 2.76. The summed E-state index contributed by atoms with van der Waals surface area (Å²) in [5.41, 5.74) is 0. The molecule has 4 aromatic rings. The van der Waals surface area contributed by atoms with Crippen molar-refractivity contribution in [3.05, 3.63) is 92.0 Å². The van der Waals surface area contributed by atoms with Crippen molar-refractivity contribution in [3.8, 4) is 0 Å². The minimum atomic E-state index is -3.73. The summed E-state index contributed by atoms with van der Waals surface area (Å²) in [6.07, 6.45) is 12.9. The predicted octanol–water partition coefficient (Wildman–Crippen LogP) is 3.19. The van der Waals surface area contributed by atoms with E-state index in [2.05, 4.69) is 19.9 Å². The molecular weight excluding hydrogens is 392 g/mol. The third kappa shape index (κ3) is 3.51. The zero-order chi connectivity index (χ0) is 19.4. The van der Waals surface area contributed by atoms with Gasteiger partial charge in [-0.15, -0.1) is 0 Å². The van der Waals surface area contributed by atoms with E-state index in [1.54, 1.807) is 37.1 Å². The van der Waals surface area contributed by atoms with Crippen LogP contribution in [0.3, 0.4) is 0 Å². The number of pyridine rings is 4. The minimum absolute atomic E-state index is 0.197. The monoisotopic (exact) mass is 407 g/mol. The average molecular weight is 408 g/mol. The third-order valence-corrected chi connectivity index (χ3v) is 8.20. The molecular formula is C20H15N4O2S2+. The minimum Gasteiger partial charge on any atom is -0.265 e. The van der Waals surface area contributed by atoms with E-state index in [4.69, 9.17) is 0 Å². The van der Waals surface area contributed by atoms with E-state index in [-0.39, 0.29) is 9.79 Å². The van der Waals surface area contributed by atoms with Crippen molar-refractivity contribution < 1.29 is 8.42 Å². The van der Waals surface area contributed by atoms with Crippen molar-refractivity contribution >= 4 is 20.7 Å². The largest absolute Gasteiger partial charge is 0.265 e. The second-order valence-electron chi connectivity index (χ2n) is 5.68. The quantitative estimate of drug-likeness (QED) is 0.472. The van der Waals surface area contributed by atoms with Crippen LogP contribution in [0.15, 0.2) is 117 Å². The van der Waals surface area contributed by atoms with Crippen LogP contribution in [0.2, 0.25) is 0 Å². The maximum absolute atomic E-state index is 13.3. The van der Waals surface area contributed by atoms with Crippen molar-refractivity contribution in [3.63, 3.8) is 0 Å². The summed E-state index contributed by atoms with van der Waals surface area (Å²) in [4.78, 5) is 19.2. The van der Waals surface area contributed by atoms with Gasteiger partial charge < -0.3 is 0 Å². The highest BCUT2D eigenvalue weighted by molar-refractivity contribution is 7.98.